The fourth-order valence-electron chi connectivity index (χ4n) is 1.59. The minimum Gasteiger partial charge on any atom is -0.380 e. The zero-order valence-corrected chi connectivity index (χ0v) is 12.2. The predicted molar refractivity (Wildman–Crippen MR) is 77.6 cm³/mol. The molecule has 0 fully saturated rings. The number of ether oxygens (including phenoxy) is 1. The lowest BCUT2D eigenvalue weighted by Gasteiger charge is -2.11. The van der Waals surface area contributed by atoms with Gasteiger partial charge in [0, 0.05) is 13.7 Å². The van der Waals surface area contributed by atoms with Gasteiger partial charge in [0.15, 0.2) is 0 Å². The molecule has 0 aliphatic heterocycles. The smallest absolute Gasteiger partial charge is 0.243 e. The van der Waals surface area contributed by atoms with E-state index in [0.29, 0.717) is 13.2 Å². The van der Waals surface area contributed by atoms with Crippen LogP contribution in [0, 0.1) is 5.41 Å². The molecule has 1 amide bonds. The summed E-state index contributed by atoms with van der Waals surface area (Å²) in [6.07, 6.45) is 3.50. The molecular formula is C16H23NO2. The molecule has 1 rings (SSSR count). The Balaban J connectivity index is 2.57. The highest BCUT2D eigenvalue weighted by Crippen LogP contribution is 2.14. The average molecular weight is 261 g/mol. The maximum Gasteiger partial charge on any atom is 0.243 e. The number of amides is 1. The molecule has 3 nitrogen and oxygen atoms in total. The third kappa shape index (κ3) is 6.20. The topological polar surface area (TPSA) is 38.3 Å². The average Bonchev–Trinajstić information content (AvgIpc) is 2.35. The van der Waals surface area contributed by atoms with Gasteiger partial charge >= 0.3 is 0 Å². The molecule has 0 saturated carbocycles. The highest BCUT2D eigenvalue weighted by atomic mass is 16.5. The summed E-state index contributed by atoms with van der Waals surface area (Å²) in [4.78, 5) is 11.7. The van der Waals surface area contributed by atoms with Crippen LogP contribution in [-0.2, 0) is 22.7 Å². The molecule has 0 radical (unpaired) electrons. The molecule has 0 heterocycles. The number of hydrogen-bond donors (Lipinski definition) is 1. The first-order valence-corrected chi connectivity index (χ1v) is 6.45. The second-order valence-corrected chi connectivity index (χ2v) is 5.62. The Morgan fingerprint density at radius 2 is 1.89 bits per heavy atom. The van der Waals surface area contributed by atoms with Crippen LogP contribution in [0.2, 0.25) is 0 Å². The lowest BCUT2D eigenvalue weighted by atomic mass is 9.96. The Morgan fingerprint density at radius 3 is 2.47 bits per heavy atom. The third-order valence-electron chi connectivity index (χ3n) is 2.61. The van der Waals surface area contributed by atoms with Crippen LogP contribution < -0.4 is 5.32 Å². The van der Waals surface area contributed by atoms with Crippen molar-refractivity contribution in [2.24, 2.45) is 5.41 Å². The molecule has 0 aliphatic rings. The number of rotatable bonds is 5. The maximum absolute atomic E-state index is 11.7. The molecule has 0 spiro atoms. The van der Waals surface area contributed by atoms with Gasteiger partial charge in [0.25, 0.3) is 0 Å². The molecule has 1 N–H and O–H groups in total. The molecule has 1 aromatic rings. The van der Waals surface area contributed by atoms with Crippen molar-refractivity contribution >= 4 is 5.91 Å². The van der Waals surface area contributed by atoms with E-state index in [-0.39, 0.29) is 11.3 Å². The van der Waals surface area contributed by atoms with E-state index in [1.165, 1.54) is 0 Å². The van der Waals surface area contributed by atoms with E-state index in [1.54, 1.807) is 13.2 Å². The number of carbonyl (C=O) groups is 1. The number of hydrogen-bond acceptors (Lipinski definition) is 2. The van der Waals surface area contributed by atoms with Crippen LogP contribution in [0.15, 0.2) is 36.4 Å². The van der Waals surface area contributed by atoms with E-state index in [9.17, 15) is 4.79 Å². The number of methoxy groups -OCH3 is 1. The molecule has 3 heteroatoms. The summed E-state index contributed by atoms with van der Waals surface area (Å²) >= 11 is 0. The Hall–Kier alpha value is -1.61. The van der Waals surface area contributed by atoms with Crippen molar-refractivity contribution in [2.45, 2.75) is 33.9 Å². The zero-order valence-electron chi connectivity index (χ0n) is 12.2. The van der Waals surface area contributed by atoms with Crippen molar-refractivity contribution < 1.29 is 9.53 Å². The van der Waals surface area contributed by atoms with E-state index < -0.39 is 0 Å². The summed E-state index contributed by atoms with van der Waals surface area (Å²) in [5, 5.41) is 2.89. The SMILES string of the molecule is COCc1ccccc1CNC(=O)/C=C/C(C)(C)C. The highest BCUT2D eigenvalue weighted by molar-refractivity contribution is 5.87. The molecule has 19 heavy (non-hydrogen) atoms. The summed E-state index contributed by atoms with van der Waals surface area (Å²) in [5.41, 5.74) is 2.21. The van der Waals surface area contributed by atoms with E-state index in [0.717, 1.165) is 11.1 Å². The molecule has 0 bridgehead atoms. The quantitative estimate of drug-likeness (QED) is 0.827. The predicted octanol–water partition coefficient (Wildman–Crippen LogP) is 3.05. The van der Waals surface area contributed by atoms with Gasteiger partial charge in [0.05, 0.1) is 6.61 Å². The molecule has 0 saturated heterocycles. The highest BCUT2D eigenvalue weighted by Gasteiger charge is 2.06. The monoisotopic (exact) mass is 261 g/mol. The van der Waals surface area contributed by atoms with Crippen LogP contribution in [0.5, 0.6) is 0 Å². The van der Waals surface area contributed by atoms with Crippen LogP contribution >= 0.6 is 0 Å². The summed E-state index contributed by atoms with van der Waals surface area (Å²) in [5.74, 6) is -0.0675. The molecule has 0 aromatic heterocycles. The summed E-state index contributed by atoms with van der Waals surface area (Å²) < 4.78 is 5.14. The van der Waals surface area contributed by atoms with Gasteiger partial charge in [0.1, 0.15) is 0 Å². The zero-order chi connectivity index (χ0) is 14.3. The fourth-order valence-corrected chi connectivity index (χ4v) is 1.59. The van der Waals surface area contributed by atoms with Crippen LogP contribution in [0.25, 0.3) is 0 Å². The summed E-state index contributed by atoms with van der Waals surface area (Å²) in [6, 6.07) is 7.95. The molecule has 0 atom stereocenters. The normalized spacial score (nSPS) is 11.8. The minimum atomic E-state index is -0.0675. The maximum atomic E-state index is 11.7. The fraction of sp³-hybridized carbons (Fsp3) is 0.438. The molecule has 104 valence electrons. The van der Waals surface area contributed by atoms with E-state index >= 15 is 0 Å². The van der Waals surface area contributed by atoms with Crippen molar-refractivity contribution in [1.29, 1.82) is 0 Å². The number of nitrogens with one attached hydrogen (secondary N) is 1. The lowest BCUT2D eigenvalue weighted by Crippen LogP contribution is -2.21. The van der Waals surface area contributed by atoms with Crippen molar-refractivity contribution in [3.05, 3.63) is 47.5 Å². The minimum absolute atomic E-state index is 0.0191. The second-order valence-electron chi connectivity index (χ2n) is 5.62. The first-order valence-electron chi connectivity index (χ1n) is 6.45. The van der Waals surface area contributed by atoms with E-state index in [4.69, 9.17) is 4.74 Å². The number of carbonyl (C=O) groups excluding carboxylic acids is 1. The van der Waals surface area contributed by atoms with Crippen LogP contribution in [0.4, 0.5) is 0 Å². The van der Waals surface area contributed by atoms with Gasteiger partial charge in [-0.3, -0.25) is 4.79 Å². The Bertz CT molecular complexity index is 444. The van der Waals surface area contributed by atoms with Crippen molar-refractivity contribution in [3.63, 3.8) is 0 Å². The summed E-state index contributed by atoms with van der Waals surface area (Å²) in [6.45, 7) is 7.26. The first-order chi connectivity index (χ1) is 8.92. The van der Waals surface area contributed by atoms with Gasteiger partial charge in [-0.1, -0.05) is 51.1 Å². The third-order valence-corrected chi connectivity index (χ3v) is 2.61. The standard InChI is InChI=1S/C16H23NO2/c1-16(2,3)10-9-15(18)17-11-13-7-5-6-8-14(13)12-19-4/h5-10H,11-12H2,1-4H3,(H,17,18)/b10-9+. The van der Waals surface area contributed by atoms with Gasteiger partial charge in [-0.05, 0) is 22.6 Å². The summed E-state index contributed by atoms with van der Waals surface area (Å²) in [7, 11) is 1.67. The number of allylic oxidation sites excluding steroid dienone is 1. The van der Waals surface area contributed by atoms with E-state index in [1.807, 2.05) is 30.3 Å². The van der Waals surface area contributed by atoms with Crippen LogP contribution in [-0.4, -0.2) is 13.0 Å². The van der Waals surface area contributed by atoms with Gasteiger partial charge in [0.2, 0.25) is 5.91 Å². The van der Waals surface area contributed by atoms with Gasteiger partial charge in [-0.2, -0.15) is 0 Å². The van der Waals surface area contributed by atoms with Crippen LogP contribution in [0.1, 0.15) is 31.9 Å². The number of benzene rings is 1. The first kappa shape index (κ1) is 15.4. The van der Waals surface area contributed by atoms with Crippen molar-refractivity contribution in [1.82, 2.24) is 5.32 Å². The van der Waals surface area contributed by atoms with Crippen molar-refractivity contribution in [3.8, 4) is 0 Å². The Labute approximate surface area is 115 Å². The molecule has 1 aromatic carbocycles. The molecule has 0 aliphatic carbocycles. The van der Waals surface area contributed by atoms with Gasteiger partial charge in [-0.25, -0.2) is 0 Å². The Kier molecular flexibility index (Phi) is 5.77. The second kappa shape index (κ2) is 7.10. The largest absolute Gasteiger partial charge is 0.380 e. The van der Waals surface area contributed by atoms with Gasteiger partial charge in [-0.15, -0.1) is 0 Å². The Morgan fingerprint density at radius 1 is 1.26 bits per heavy atom. The van der Waals surface area contributed by atoms with Crippen LogP contribution in [0.3, 0.4) is 0 Å². The molecular weight excluding hydrogens is 238 g/mol. The van der Waals surface area contributed by atoms with E-state index in [2.05, 4.69) is 26.1 Å². The van der Waals surface area contributed by atoms with Crippen molar-refractivity contribution in [2.75, 3.05) is 7.11 Å². The van der Waals surface area contributed by atoms with Gasteiger partial charge < -0.3 is 10.1 Å². The molecule has 0 unspecified atom stereocenters. The lowest BCUT2D eigenvalue weighted by molar-refractivity contribution is -0.116.